The first-order chi connectivity index (χ1) is 9.90. The first-order valence-electron chi connectivity index (χ1n) is 6.34. The largest absolute Gasteiger partial charge is 0.334 e. The monoisotopic (exact) mass is 286 g/mol. The lowest BCUT2D eigenvalue weighted by molar-refractivity contribution is -0.386. The van der Waals surface area contributed by atoms with Crippen LogP contribution in [-0.2, 0) is 6.54 Å². The summed E-state index contributed by atoms with van der Waals surface area (Å²) in [6.45, 7) is 3.46. The van der Waals surface area contributed by atoms with Crippen LogP contribution in [0.5, 0.6) is 0 Å². The molecule has 0 aliphatic carbocycles. The highest BCUT2D eigenvalue weighted by molar-refractivity contribution is 5.97. The molecule has 21 heavy (non-hydrogen) atoms. The molecule has 0 aliphatic heterocycles. The minimum atomic E-state index is -0.777. The summed E-state index contributed by atoms with van der Waals surface area (Å²) in [5.74, 6) is -0.251. The van der Waals surface area contributed by atoms with Gasteiger partial charge in [-0.1, -0.05) is 17.7 Å². The van der Waals surface area contributed by atoms with Crippen molar-refractivity contribution in [1.29, 1.82) is 0 Å². The summed E-state index contributed by atoms with van der Waals surface area (Å²) >= 11 is 0. The van der Waals surface area contributed by atoms with Crippen LogP contribution in [0.25, 0.3) is 0 Å². The van der Waals surface area contributed by atoms with Gasteiger partial charge in [0.15, 0.2) is 5.78 Å². The van der Waals surface area contributed by atoms with Crippen LogP contribution in [0.15, 0.2) is 41.3 Å². The van der Waals surface area contributed by atoms with E-state index in [0.717, 1.165) is 21.8 Å². The van der Waals surface area contributed by atoms with Crippen LogP contribution in [0, 0.1) is 24.0 Å². The Morgan fingerprint density at radius 3 is 2.67 bits per heavy atom. The summed E-state index contributed by atoms with van der Waals surface area (Å²) in [4.78, 5) is 34.2. The second-order valence-corrected chi connectivity index (χ2v) is 4.83. The molecule has 108 valence electrons. The highest BCUT2D eigenvalue weighted by Crippen LogP contribution is 2.12. The number of aromatic nitrogens is 1. The molecule has 1 heterocycles. The van der Waals surface area contributed by atoms with E-state index < -0.39 is 16.2 Å². The summed E-state index contributed by atoms with van der Waals surface area (Å²) in [7, 11) is 0. The Labute approximate surface area is 120 Å². The maximum absolute atomic E-state index is 12.3. The molecule has 0 spiro atoms. The lowest BCUT2D eigenvalue weighted by Gasteiger charge is -2.08. The van der Waals surface area contributed by atoms with Crippen LogP contribution in [-0.4, -0.2) is 15.3 Å². The Bertz CT molecular complexity index is 777. The summed E-state index contributed by atoms with van der Waals surface area (Å²) in [5, 5.41) is 10.7. The molecule has 0 amide bonds. The number of hydrogen-bond donors (Lipinski definition) is 0. The van der Waals surface area contributed by atoms with E-state index in [1.54, 1.807) is 6.07 Å². The molecule has 1 aromatic carbocycles. The van der Waals surface area contributed by atoms with Crippen molar-refractivity contribution in [3.05, 3.63) is 73.7 Å². The molecule has 0 saturated heterocycles. The summed E-state index contributed by atoms with van der Waals surface area (Å²) in [5.41, 5.74) is 0.959. The molecule has 0 saturated carbocycles. The zero-order valence-electron chi connectivity index (χ0n) is 11.7. The van der Waals surface area contributed by atoms with Crippen molar-refractivity contribution >= 4 is 11.5 Å². The van der Waals surface area contributed by atoms with Crippen LogP contribution in [0.2, 0.25) is 0 Å². The predicted octanol–water partition coefficient (Wildman–Crippen LogP) is 2.26. The van der Waals surface area contributed by atoms with Crippen LogP contribution >= 0.6 is 0 Å². The van der Waals surface area contributed by atoms with Crippen molar-refractivity contribution in [1.82, 2.24) is 4.57 Å². The number of aryl methyl sites for hydroxylation is 2. The van der Waals surface area contributed by atoms with Crippen molar-refractivity contribution in [3.63, 3.8) is 0 Å². The second-order valence-electron chi connectivity index (χ2n) is 4.83. The Kier molecular flexibility index (Phi) is 3.98. The fourth-order valence-corrected chi connectivity index (χ4v) is 2.06. The summed E-state index contributed by atoms with van der Waals surface area (Å²) < 4.78 is 1.06. The second kappa shape index (κ2) is 5.70. The smallest absolute Gasteiger partial charge is 0.302 e. The van der Waals surface area contributed by atoms with Gasteiger partial charge in [-0.3, -0.25) is 19.7 Å². The quantitative estimate of drug-likeness (QED) is 0.490. The first-order valence-corrected chi connectivity index (χ1v) is 6.34. The van der Waals surface area contributed by atoms with E-state index in [1.165, 1.54) is 12.3 Å². The SMILES string of the molecule is Cc1ccc(C)c(C(=O)Cn2cccc([N+](=O)[O-])c2=O)c1. The van der Waals surface area contributed by atoms with E-state index in [9.17, 15) is 19.7 Å². The summed E-state index contributed by atoms with van der Waals surface area (Å²) in [6, 6.07) is 7.99. The Morgan fingerprint density at radius 2 is 2.00 bits per heavy atom. The minimum Gasteiger partial charge on any atom is -0.302 e. The van der Waals surface area contributed by atoms with Gasteiger partial charge in [-0.05, 0) is 31.5 Å². The molecule has 1 aromatic heterocycles. The van der Waals surface area contributed by atoms with E-state index in [0.29, 0.717) is 5.56 Å². The van der Waals surface area contributed by atoms with Crippen molar-refractivity contribution in [3.8, 4) is 0 Å². The number of nitrogens with zero attached hydrogens (tertiary/aromatic N) is 2. The molecule has 0 atom stereocenters. The summed E-state index contributed by atoms with van der Waals surface area (Å²) in [6.07, 6.45) is 1.37. The van der Waals surface area contributed by atoms with E-state index in [-0.39, 0.29) is 12.3 Å². The molecule has 6 nitrogen and oxygen atoms in total. The molecule has 0 aliphatic rings. The third-order valence-corrected chi connectivity index (χ3v) is 3.20. The van der Waals surface area contributed by atoms with Gasteiger partial charge in [0.25, 0.3) is 0 Å². The van der Waals surface area contributed by atoms with Crippen molar-refractivity contribution in [2.24, 2.45) is 0 Å². The lowest BCUT2D eigenvalue weighted by Crippen LogP contribution is -2.25. The molecule has 2 aromatic rings. The molecule has 0 N–H and O–H groups in total. The van der Waals surface area contributed by atoms with E-state index in [1.807, 2.05) is 26.0 Å². The zero-order chi connectivity index (χ0) is 15.6. The molecule has 0 bridgehead atoms. The standard InChI is InChI=1S/C15H14N2O4/c1-10-5-6-11(2)12(8-10)14(18)9-16-7-3-4-13(15(16)19)17(20)21/h3-8H,9H2,1-2H3. The lowest BCUT2D eigenvalue weighted by atomic mass is 10.0. The highest BCUT2D eigenvalue weighted by Gasteiger charge is 2.16. The van der Waals surface area contributed by atoms with Gasteiger partial charge in [0.1, 0.15) is 0 Å². The number of benzene rings is 1. The zero-order valence-corrected chi connectivity index (χ0v) is 11.7. The van der Waals surface area contributed by atoms with Gasteiger partial charge in [-0.2, -0.15) is 0 Å². The van der Waals surface area contributed by atoms with E-state index in [2.05, 4.69) is 0 Å². The molecule has 2 rings (SSSR count). The number of carbonyl (C=O) groups excluding carboxylic acids is 1. The van der Waals surface area contributed by atoms with Gasteiger partial charge in [0.2, 0.25) is 0 Å². The third-order valence-electron chi connectivity index (χ3n) is 3.20. The number of Topliss-reactive ketones (excluding diaryl/α,β-unsaturated/α-hetero) is 1. The minimum absolute atomic E-state index is 0.217. The topological polar surface area (TPSA) is 82.2 Å². The van der Waals surface area contributed by atoms with E-state index >= 15 is 0 Å². The van der Waals surface area contributed by atoms with Crippen LogP contribution in [0.1, 0.15) is 21.5 Å². The molecular formula is C15H14N2O4. The molecule has 0 unspecified atom stereocenters. The van der Waals surface area contributed by atoms with Gasteiger partial charge < -0.3 is 4.57 Å². The number of rotatable bonds is 4. The van der Waals surface area contributed by atoms with Gasteiger partial charge in [0, 0.05) is 17.8 Å². The maximum atomic E-state index is 12.3. The number of nitro groups is 1. The van der Waals surface area contributed by atoms with Gasteiger partial charge in [-0.15, -0.1) is 0 Å². The van der Waals surface area contributed by atoms with Crippen LogP contribution in [0.3, 0.4) is 0 Å². The van der Waals surface area contributed by atoms with Crippen molar-refractivity contribution in [2.75, 3.05) is 0 Å². The number of ketones is 1. The average Bonchev–Trinajstić information content (AvgIpc) is 2.43. The molecular weight excluding hydrogens is 272 g/mol. The Morgan fingerprint density at radius 1 is 1.29 bits per heavy atom. The predicted molar refractivity (Wildman–Crippen MR) is 77.6 cm³/mol. The number of hydrogen-bond acceptors (Lipinski definition) is 4. The Hall–Kier alpha value is -2.76. The number of pyridine rings is 1. The maximum Gasteiger partial charge on any atom is 0.334 e. The van der Waals surface area contributed by atoms with Gasteiger partial charge >= 0.3 is 11.2 Å². The van der Waals surface area contributed by atoms with Gasteiger partial charge in [0.05, 0.1) is 11.5 Å². The fourth-order valence-electron chi connectivity index (χ4n) is 2.06. The molecule has 0 radical (unpaired) electrons. The molecule has 6 heteroatoms. The number of carbonyl (C=O) groups is 1. The van der Waals surface area contributed by atoms with Crippen molar-refractivity contribution in [2.45, 2.75) is 20.4 Å². The van der Waals surface area contributed by atoms with Gasteiger partial charge in [-0.25, -0.2) is 0 Å². The van der Waals surface area contributed by atoms with Crippen molar-refractivity contribution < 1.29 is 9.72 Å². The third kappa shape index (κ3) is 3.05. The van der Waals surface area contributed by atoms with Crippen LogP contribution in [0.4, 0.5) is 5.69 Å². The van der Waals surface area contributed by atoms with Crippen LogP contribution < -0.4 is 5.56 Å². The molecule has 0 fully saturated rings. The Balaban J connectivity index is 2.37. The normalized spacial score (nSPS) is 10.4. The highest BCUT2D eigenvalue weighted by atomic mass is 16.6. The fraction of sp³-hybridized carbons (Fsp3) is 0.200. The average molecular weight is 286 g/mol. The first kappa shape index (κ1) is 14.6. The van der Waals surface area contributed by atoms with E-state index in [4.69, 9.17) is 0 Å².